The van der Waals surface area contributed by atoms with Crippen LogP contribution < -0.4 is 10.1 Å². The number of para-hydroxylation sites is 1. The van der Waals surface area contributed by atoms with Gasteiger partial charge in [0.2, 0.25) is 5.91 Å². The SMILES string of the molecule is COc1ccc2[nH]cc(C(C)(C)C(=O)Nc3ccccc3C(C)C)c2c1. The molecule has 3 aromatic rings. The average Bonchev–Trinajstić information content (AvgIpc) is 3.05. The topological polar surface area (TPSA) is 54.1 Å². The molecule has 0 saturated carbocycles. The third kappa shape index (κ3) is 3.19. The standard InChI is InChI=1S/C22H26N2O2/c1-14(2)16-8-6-7-9-20(16)24-21(25)22(3,4)18-13-23-19-11-10-15(26-5)12-17(18)19/h6-14,23H,1-5H3,(H,24,25). The first-order valence-corrected chi connectivity index (χ1v) is 8.90. The summed E-state index contributed by atoms with van der Waals surface area (Å²) in [4.78, 5) is 16.4. The number of carbonyl (C=O) groups excluding carboxylic acids is 1. The summed E-state index contributed by atoms with van der Waals surface area (Å²) in [6.45, 7) is 8.15. The maximum absolute atomic E-state index is 13.1. The van der Waals surface area contributed by atoms with E-state index in [9.17, 15) is 4.79 Å². The first kappa shape index (κ1) is 18.1. The van der Waals surface area contributed by atoms with Crippen molar-refractivity contribution in [2.24, 2.45) is 0 Å². The molecule has 0 unspecified atom stereocenters. The minimum Gasteiger partial charge on any atom is -0.497 e. The van der Waals surface area contributed by atoms with E-state index in [1.54, 1.807) is 7.11 Å². The maximum atomic E-state index is 13.1. The zero-order valence-corrected chi connectivity index (χ0v) is 16.0. The third-order valence-corrected chi connectivity index (χ3v) is 4.96. The van der Waals surface area contributed by atoms with Gasteiger partial charge in [0, 0.05) is 22.8 Å². The van der Waals surface area contributed by atoms with Crippen LogP contribution in [0.15, 0.2) is 48.7 Å². The molecular weight excluding hydrogens is 324 g/mol. The number of aromatic nitrogens is 1. The normalized spacial score (nSPS) is 11.8. The van der Waals surface area contributed by atoms with E-state index in [0.29, 0.717) is 5.92 Å². The van der Waals surface area contributed by atoms with Crippen molar-refractivity contribution in [1.82, 2.24) is 4.98 Å². The van der Waals surface area contributed by atoms with Crippen LogP contribution in [-0.2, 0) is 10.2 Å². The Morgan fingerprint density at radius 1 is 1.15 bits per heavy atom. The molecular formula is C22H26N2O2. The number of nitrogens with one attached hydrogen (secondary N) is 2. The van der Waals surface area contributed by atoms with Crippen molar-refractivity contribution >= 4 is 22.5 Å². The van der Waals surface area contributed by atoms with Crippen molar-refractivity contribution in [2.75, 3.05) is 12.4 Å². The largest absolute Gasteiger partial charge is 0.497 e. The van der Waals surface area contributed by atoms with Gasteiger partial charge in [-0.1, -0.05) is 32.0 Å². The van der Waals surface area contributed by atoms with Crippen LogP contribution in [0.2, 0.25) is 0 Å². The number of anilines is 1. The van der Waals surface area contributed by atoms with E-state index in [1.807, 2.05) is 56.4 Å². The van der Waals surface area contributed by atoms with Crippen molar-refractivity contribution in [1.29, 1.82) is 0 Å². The smallest absolute Gasteiger partial charge is 0.234 e. The molecule has 0 aliphatic carbocycles. The van der Waals surface area contributed by atoms with E-state index in [0.717, 1.165) is 33.5 Å². The number of methoxy groups -OCH3 is 1. The Balaban J connectivity index is 1.97. The number of amides is 1. The van der Waals surface area contributed by atoms with Gasteiger partial charge >= 0.3 is 0 Å². The minimum atomic E-state index is -0.700. The van der Waals surface area contributed by atoms with E-state index in [1.165, 1.54) is 0 Å². The summed E-state index contributed by atoms with van der Waals surface area (Å²) in [5, 5.41) is 4.13. The lowest BCUT2D eigenvalue weighted by Crippen LogP contribution is -2.34. The molecule has 2 aromatic carbocycles. The molecule has 1 aromatic heterocycles. The number of aromatic amines is 1. The van der Waals surface area contributed by atoms with Crippen molar-refractivity contribution in [3.05, 3.63) is 59.8 Å². The van der Waals surface area contributed by atoms with Crippen LogP contribution in [-0.4, -0.2) is 18.0 Å². The fraction of sp³-hybridized carbons (Fsp3) is 0.318. The van der Waals surface area contributed by atoms with Gasteiger partial charge in [0.25, 0.3) is 0 Å². The number of rotatable bonds is 5. The molecule has 0 atom stereocenters. The van der Waals surface area contributed by atoms with Crippen molar-refractivity contribution in [3.8, 4) is 5.75 Å². The molecule has 4 heteroatoms. The molecule has 0 radical (unpaired) electrons. The fourth-order valence-electron chi connectivity index (χ4n) is 3.26. The Morgan fingerprint density at radius 3 is 2.58 bits per heavy atom. The maximum Gasteiger partial charge on any atom is 0.234 e. The van der Waals surface area contributed by atoms with Gasteiger partial charge in [-0.2, -0.15) is 0 Å². The monoisotopic (exact) mass is 350 g/mol. The molecule has 1 amide bonds. The number of H-pyrrole nitrogens is 1. The Bertz CT molecular complexity index is 938. The minimum absolute atomic E-state index is 0.0330. The first-order valence-electron chi connectivity index (χ1n) is 8.90. The first-order chi connectivity index (χ1) is 12.3. The van der Waals surface area contributed by atoms with Crippen LogP contribution in [0, 0.1) is 0 Å². The highest BCUT2D eigenvalue weighted by atomic mass is 16.5. The van der Waals surface area contributed by atoms with Crippen LogP contribution in [0.5, 0.6) is 5.75 Å². The molecule has 2 N–H and O–H groups in total. The van der Waals surface area contributed by atoms with Gasteiger partial charge in [-0.25, -0.2) is 0 Å². The molecule has 0 aliphatic heterocycles. The number of ether oxygens (including phenoxy) is 1. The average molecular weight is 350 g/mol. The van der Waals surface area contributed by atoms with Gasteiger partial charge in [-0.05, 0) is 55.2 Å². The predicted molar refractivity (Wildman–Crippen MR) is 107 cm³/mol. The van der Waals surface area contributed by atoms with Crippen molar-refractivity contribution in [2.45, 2.75) is 39.0 Å². The van der Waals surface area contributed by atoms with Crippen LogP contribution >= 0.6 is 0 Å². The summed E-state index contributed by atoms with van der Waals surface area (Å²) < 4.78 is 5.34. The molecule has 3 rings (SSSR count). The molecule has 0 saturated heterocycles. The fourth-order valence-corrected chi connectivity index (χ4v) is 3.26. The van der Waals surface area contributed by atoms with E-state index >= 15 is 0 Å². The van der Waals surface area contributed by atoms with E-state index in [-0.39, 0.29) is 5.91 Å². The lowest BCUT2D eigenvalue weighted by molar-refractivity contribution is -0.120. The van der Waals surface area contributed by atoms with Gasteiger partial charge in [0.1, 0.15) is 5.75 Å². The molecule has 136 valence electrons. The number of hydrogen-bond donors (Lipinski definition) is 2. The Labute approximate surface area is 154 Å². The van der Waals surface area contributed by atoms with E-state index in [4.69, 9.17) is 4.74 Å². The number of hydrogen-bond acceptors (Lipinski definition) is 2. The summed E-state index contributed by atoms with van der Waals surface area (Å²) in [6, 6.07) is 13.8. The van der Waals surface area contributed by atoms with Crippen molar-refractivity contribution in [3.63, 3.8) is 0 Å². The van der Waals surface area contributed by atoms with Gasteiger partial charge in [-0.3, -0.25) is 4.79 Å². The highest BCUT2D eigenvalue weighted by Crippen LogP contribution is 2.34. The Hall–Kier alpha value is -2.75. The molecule has 1 heterocycles. The third-order valence-electron chi connectivity index (χ3n) is 4.96. The van der Waals surface area contributed by atoms with Gasteiger partial charge < -0.3 is 15.0 Å². The van der Waals surface area contributed by atoms with Gasteiger partial charge in [-0.15, -0.1) is 0 Å². The van der Waals surface area contributed by atoms with Gasteiger partial charge in [0.15, 0.2) is 0 Å². The number of fused-ring (bicyclic) bond motifs is 1. The van der Waals surface area contributed by atoms with Crippen LogP contribution in [0.4, 0.5) is 5.69 Å². The summed E-state index contributed by atoms with van der Waals surface area (Å²) in [7, 11) is 1.65. The molecule has 0 spiro atoms. The zero-order chi connectivity index (χ0) is 18.9. The zero-order valence-electron chi connectivity index (χ0n) is 16.0. The Kier molecular flexibility index (Phi) is 4.77. The van der Waals surface area contributed by atoms with Crippen LogP contribution in [0.25, 0.3) is 10.9 Å². The quantitative estimate of drug-likeness (QED) is 0.663. The second-order valence-electron chi connectivity index (χ2n) is 7.43. The highest BCUT2D eigenvalue weighted by Gasteiger charge is 2.32. The Morgan fingerprint density at radius 2 is 1.88 bits per heavy atom. The molecule has 0 fully saturated rings. The number of benzene rings is 2. The summed E-state index contributed by atoms with van der Waals surface area (Å²) in [5.41, 5.74) is 3.25. The molecule has 0 aliphatic rings. The lowest BCUT2D eigenvalue weighted by atomic mass is 9.83. The highest BCUT2D eigenvalue weighted by molar-refractivity contribution is 6.02. The van der Waals surface area contributed by atoms with Gasteiger partial charge in [0.05, 0.1) is 12.5 Å². The molecule has 26 heavy (non-hydrogen) atoms. The number of carbonyl (C=O) groups is 1. The van der Waals surface area contributed by atoms with E-state index in [2.05, 4.69) is 30.2 Å². The second kappa shape index (κ2) is 6.87. The summed E-state index contributed by atoms with van der Waals surface area (Å²) in [6.07, 6.45) is 1.91. The second-order valence-corrected chi connectivity index (χ2v) is 7.43. The summed E-state index contributed by atoms with van der Waals surface area (Å²) in [5.74, 6) is 1.08. The lowest BCUT2D eigenvalue weighted by Gasteiger charge is -2.25. The molecule has 4 nitrogen and oxygen atoms in total. The van der Waals surface area contributed by atoms with Crippen molar-refractivity contribution < 1.29 is 9.53 Å². The van der Waals surface area contributed by atoms with Crippen LogP contribution in [0.1, 0.15) is 44.7 Å². The summed E-state index contributed by atoms with van der Waals surface area (Å²) >= 11 is 0. The predicted octanol–water partition coefficient (Wildman–Crippen LogP) is 5.22. The van der Waals surface area contributed by atoms with Crippen LogP contribution in [0.3, 0.4) is 0 Å². The molecule has 0 bridgehead atoms. The van der Waals surface area contributed by atoms with E-state index < -0.39 is 5.41 Å².